The van der Waals surface area contributed by atoms with Crippen LogP contribution in [0, 0.1) is 18.6 Å². The summed E-state index contributed by atoms with van der Waals surface area (Å²) in [7, 11) is 1.69. The molecule has 2 aromatic rings. The van der Waals surface area contributed by atoms with Gasteiger partial charge in [0, 0.05) is 16.6 Å². The molecule has 0 radical (unpaired) electrons. The summed E-state index contributed by atoms with van der Waals surface area (Å²) >= 11 is 11.8. The first kappa shape index (κ1) is 16.2. The number of rotatable bonds is 4. The Morgan fingerprint density at radius 3 is 2.38 bits per heavy atom. The standard InChI is InChI=1S/C16H15Cl2F2N/c1-9-3-4-10(12(17)5-9)6-16(21-2)11-7-15(20)13(18)8-14(11)19/h3-5,7-8,16,21H,6H2,1-2H3. The van der Waals surface area contributed by atoms with Crippen molar-refractivity contribution < 1.29 is 8.78 Å². The Kier molecular flexibility index (Phi) is 5.20. The molecule has 21 heavy (non-hydrogen) atoms. The van der Waals surface area contributed by atoms with Crippen molar-refractivity contribution in [3.05, 3.63) is 68.7 Å². The molecule has 2 rings (SSSR count). The molecule has 0 aliphatic rings. The molecular weight excluding hydrogens is 315 g/mol. The molecule has 0 heterocycles. The third-order valence-corrected chi connectivity index (χ3v) is 4.04. The van der Waals surface area contributed by atoms with Crippen molar-refractivity contribution in [3.8, 4) is 0 Å². The van der Waals surface area contributed by atoms with E-state index < -0.39 is 17.7 Å². The van der Waals surface area contributed by atoms with E-state index >= 15 is 0 Å². The fraction of sp³-hybridized carbons (Fsp3) is 0.250. The molecule has 0 amide bonds. The minimum absolute atomic E-state index is 0.223. The van der Waals surface area contributed by atoms with Gasteiger partial charge in [-0.25, -0.2) is 8.78 Å². The van der Waals surface area contributed by atoms with Gasteiger partial charge in [0.25, 0.3) is 0 Å². The van der Waals surface area contributed by atoms with Crippen LogP contribution >= 0.6 is 23.2 Å². The minimum Gasteiger partial charge on any atom is -0.313 e. The summed E-state index contributed by atoms with van der Waals surface area (Å²) in [4.78, 5) is 0. The van der Waals surface area contributed by atoms with Gasteiger partial charge in [0.2, 0.25) is 0 Å². The van der Waals surface area contributed by atoms with E-state index in [0.29, 0.717) is 11.4 Å². The predicted octanol–water partition coefficient (Wildman–Crippen LogP) is 5.08. The lowest BCUT2D eigenvalue weighted by Crippen LogP contribution is -2.20. The molecule has 1 nitrogen and oxygen atoms in total. The lowest BCUT2D eigenvalue weighted by Gasteiger charge is -2.19. The second kappa shape index (κ2) is 6.73. The SMILES string of the molecule is CNC(Cc1ccc(C)cc1Cl)c1cc(F)c(Cl)cc1F. The maximum atomic E-state index is 14.0. The van der Waals surface area contributed by atoms with E-state index in [1.165, 1.54) is 0 Å². The molecule has 1 unspecified atom stereocenters. The molecule has 0 bridgehead atoms. The highest BCUT2D eigenvalue weighted by Crippen LogP contribution is 2.28. The van der Waals surface area contributed by atoms with Gasteiger partial charge in [0.05, 0.1) is 5.02 Å². The second-order valence-electron chi connectivity index (χ2n) is 4.93. The van der Waals surface area contributed by atoms with Crippen molar-refractivity contribution in [1.82, 2.24) is 5.32 Å². The summed E-state index contributed by atoms with van der Waals surface area (Å²) in [5.41, 5.74) is 2.15. The average Bonchev–Trinajstić information content (AvgIpc) is 2.43. The molecule has 5 heteroatoms. The first-order chi connectivity index (χ1) is 9.92. The molecule has 0 saturated carbocycles. The molecular formula is C16H15Cl2F2N. The second-order valence-corrected chi connectivity index (χ2v) is 5.74. The summed E-state index contributed by atoms with van der Waals surface area (Å²) in [6.45, 7) is 1.94. The Hall–Kier alpha value is -1.16. The zero-order valence-electron chi connectivity index (χ0n) is 11.7. The van der Waals surface area contributed by atoms with Crippen molar-refractivity contribution in [3.63, 3.8) is 0 Å². The summed E-state index contributed by atoms with van der Waals surface area (Å²) < 4.78 is 27.6. The number of benzene rings is 2. The molecule has 0 aliphatic carbocycles. The number of hydrogen-bond donors (Lipinski definition) is 1. The third-order valence-electron chi connectivity index (χ3n) is 3.40. The molecule has 1 atom stereocenters. The van der Waals surface area contributed by atoms with Gasteiger partial charge in [0.1, 0.15) is 11.6 Å². The number of likely N-dealkylation sites (N-methyl/N-ethyl adjacent to an activating group) is 1. The van der Waals surface area contributed by atoms with Crippen LogP contribution in [0.5, 0.6) is 0 Å². The van der Waals surface area contributed by atoms with Crippen molar-refractivity contribution >= 4 is 23.2 Å². The smallest absolute Gasteiger partial charge is 0.142 e. The maximum absolute atomic E-state index is 14.0. The van der Waals surface area contributed by atoms with Crippen LogP contribution in [0.3, 0.4) is 0 Å². The topological polar surface area (TPSA) is 12.0 Å². The van der Waals surface area contributed by atoms with Gasteiger partial charge in [0.15, 0.2) is 0 Å². The number of nitrogens with one attached hydrogen (secondary N) is 1. The van der Waals surface area contributed by atoms with E-state index in [-0.39, 0.29) is 10.6 Å². The van der Waals surface area contributed by atoms with E-state index in [2.05, 4.69) is 5.32 Å². The van der Waals surface area contributed by atoms with Gasteiger partial charge < -0.3 is 5.32 Å². The van der Waals surface area contributed by atoms with Crippen molar-refractivity contribution in [2.45, 2.75) is 19.4 Å². The molecule has 0 aliphatic heterocycles. The highest BCUT2D eigenvalue weighted by molar-refractivity contribution is 6.31. The van der Waals surface area contributed by atoms with Crippen LogP contribution in [0.2, 0.25) is 10.0 Å². The van der Waals surface area contributed by atoms with E-state index in [0.717, 1.165) is 23.3 Å². The Labute approximate surface area is 132 Å². The Balaban J connectivity index is 2.34. The molecule has 0 fully saturated rings. The molecule has 112 valence electrons. The molecule has 0 spiro atoms. The number of aryl methyl sites for hydroxylation is 1. The van der Waals surface area contributed by atoms with Gasteiger partial charge in [-0.1, -0.05) is 35.3 Å². The Bertz CT molecular complexity index is 659. The zero-order chi connectivity index (χ0) is 15.6. The van der Waals surface area contributed by atoms with Gasteiger partial charge in [-0.05, 0) is 49.7 Å². The van der Waals surface area contributed by atoms with Gasteiger partial charge in [-0.15, -0.1) is 0 Å². The number of halogens is 4. The minimum atomic E-state index is -0.636. The first-order valence-corrected chi connectivity index (χ1v) is 7.24. The van der Waals surface area contributed by atoms with E-state index in [9.17, 15) is 8.78 Å². The fourth-order valence-electron chi connectivity index (χ4n) is 2.21. The van der Waals surface area contributed by atoms with Crippen LogP contribution in [-0.2, 0) is 6.42 Å². The van der Waals surface area contributed by atoms with E-state index in [1.54, 1.807) is 7.05 Å². The fourth-order valence-corrected chi connectivity index (χ4v) is 2.67. The van der Waals surface area contributed by atoms with Crippen LogP contribution in [0.15, 0.2) is 30.3 Å². The summed E-state index contributed by atoms with van der Waals surface area (Å²) in [5.74, 6) is -1.17. The monoisotopic (exact) mass is 329 g/mol. The van der Waals surface area contributed by atoms with E-state index in [1.807, 2.05) is 25.1 Å². The maximum Gasteiger partial charge on any atom is 0.142 e. The predicted molar refractivity (Wildman–Crippen MR) is 83.1 cm³/mol. The zero-order valence-corrected chi connectivity index (χ0v) is 13.2. The molecule has 1 N–H and O–H groups in total. The number of hydrogen-bond acceptors (Lipinski definition) is 1. The van der Waals surface area contributed by atoms with Crippen LogP contribution in [0.4, 0.5) is 8.78 Å². The first-order valence-electron chi connectivity index (χ1n) is 6.49. The lowest BCUT2D eigenvalue weighted by molar-refractivity contribution is 0.523. The molecule has 0 saturated heterocycles. The molecule has 2 aromatic carbocycles. The van der Waals surface area contributed by atoms with Crippen LogP contribution < -0.4 is 5.32 Å². The Morgan fingerprint density at radius 2 is 1.76 bits per heavy atom. The van der Waals surface area contributed by atoms with Crippen molar-refractivity contribution in [1.29, 1.82) is 0 Å². The van der Waals surface area contributed by atoms with Gasteiger partial charge in [-0.3, -0.25) is 0 Å². The highest BCUT2D eigenvalue weighted by atomic mass is 35.5. The normalized spacial score (nSPS) is 12.5. The van der Waals surface area contributed by atoms with Crippen molar-refractivity contribution in [2.24, 2.45) is 0 Å². The van der Waals surface area contributed by atoms with Gasteiger partial charge >= 0.3 is 0 Å². The third kappa shape index (κ3) is 3.73. The summed E-state index contributed by atoms with van der Waals surface area (Å²) in [6.07, 6.45) is 0.452. The van der Waals surface area contributed by atoms with Crippen LogP contribution in [0.25, 0.3) is 0 Å². The lowest BCUT2D eigenvalue weighted by atomic mass is 9.97. The Morgan fingerprint density at radius 1 is 1.05 bits per heavy atom. The quantitative estimate of drug-likeness (QED) is 0.771. The van der Waals surface area contributed by atoms with E-state index in [4.69, 9.17) is 23.2 Å². The van der Waals surface area contributed by atoms with Gasteiger partial charge in [-0.2, -0.15) is 0 Å². The average molecular weight is 330 g/mol. The molecule has 0 aromatic heterocycles. The largest absolute Gasteiger partial charge is 0.313 e. The van der Waals surface area contributed by atoms with Crippen LogP contribution in [0.1, 0.15) is 22.7 Å². The summed E-state index contributed by atoms with van der Waals surface area (Å²) in [6, 6.07) is 7.41. The van der Waals surface area contributed by atoms with Crippen molar-refractivity contribution in [2.75, 3.05) is 7.05 Å². The summed E-state index contributed by atoms with van der Waals surface area (Å²) in [5, 5.41) is 3.38. The van der Waals surface area contributed by atoms with Crippen LogP contribution in [-0.4, -0.2) is 7.05 Å². The highest BCUT2D eigenvalue weighted by Gasteiger charge is 2.18.